The van der Waals surface area contributed by atoms with Crippen LogP contribution in [0.4, 0.5) is 10.1 Å². The number of nitrogens with one attached hydrogen (secondary N) is 1. The van der Waals surface area contributed by atoms with E-state index in [1.807, 2.05) is 0 Å². The summed E-state index contributed by atoms with van der Waals surface area (Å²) < 4.78 is 18.4. The van der Waals surface area contributed by atoms with Crippen LogP contribution in [0.5, 0.6) is 11.5 Å². The van der Waals surface area contributed by atoms with Crippen molar-refractivity contribution in [3.8, 4) is 11.5 Å². The van der Waals surface area contributed by atoms with Crippen LogP contribution in [0.1, 0.15) is 10.5 Å². The number of rotatable bonds is 4. The summed E-state index contributed by atoms with van der Waals surface area (Å²) in [5.41, 5.74) is 0.978. The van der Waals surface area contributed by atoms with Gasteiger partial charge in [0.1, 0.15) is 23.0 Å². The molecular formula is C18H13FN2O2. The van der Waals surface area contributed by atoms with Crippen LogP contribution >= 0.6 is 0 Å². The number of aromatic nitrogens is 1. The van der Waals surface area contributed by atoms with Gasteiger partial charge in [-0.1, -0.05) is 6.07 Å². The molecule has 2 aromatic carbocycles. The minimum absolute atomic E-state index is 0.280. The number of ether oxygens (including phenoxy) is 1. The lowest BCUT2D eigenvalue weighted by Gasteiger charge is -2.08. The van der Waals surface area contributed by atoms with E-state index in [0.29, 0.717) is 22.9 Å². The summed E-state index contributed by atoms with van der Waals surface area (Å²) in [6.45, 7) is 0. The van der Waals surface area contributed by atoms with Crippen molar-refractivity contribution in [1.29, 1.82) is 0 Å². The first-order valence-corrected chi connectivity index (χ1v) is 6.96. The number of hydrogen-bond acceptors (Lipinski definition) is 3. The predicted molar refractivity (Wildman–Crippen MR) is 85.1 cm³/mol. The quantitative estimate of drug-likeness (QED) is 0.783. The number of benzene rings is 2. The van der Waals surface area contributed by atoms with Crippen LogP contribution < -0.4 is 10.1 Å². The van der Waals surface area contributed by atoms with Gasteiger partial charge in [-0.25, -0.2) is 4.39 Å². The van der Waals surface area contributed by atoms with Crippen molar-refractivity contribution in [2.24, 2.45) is 0 Å². The zero-order valence-electron chi connectivity index (χ0n) is 12.1. The Labute approximate surface area is 132 Å². The molecule has 0 aliphatic heterocycles. The van der Waals surface area contributed by atoms with Gasteiger partial charge in [0.25, 0.3) is 5.91 Å². The molecule has 0 aliphatic rings. The molecule has 0 bridgehead atoms. The van der Waals surface area contributed by atoms with Gasteiger partial charge in [-0.15, -0.1) is 0 Å². The average molecular weight is 308 g/mol. The van der Waals surface area contributed by atoms with E-state index < -0.39 is 0 Å². The highest BCUT2D eigenvalue weighted by Crippen LogP contribution is 2.23. The highest BCUT2D eigenvalue weighted by atomic mass is 19.1. The third kappa shape index (κ3) is 3.91. The molecule has 0 unspecified atom stereocenters. The number of halogens is 1. The number of carbonyl (C=O) groups excluding carboxylic acids is 1. The predicted octanol–water partition coefficient (Wildman–Crippen LogP) is 4.27. The van der Waals surface area contributed by atoms with Crippen LogP contribution in [0.25, 0.3) is 0 Å². The summed E-state index contributed by atoms with van der Waals surface area (Å²) in [6.07, 6.45) is 1.56. The highest BCUT2D eigenvalue weighted by molar-refractivity contribution is 6.02. The van der Waals surface area contributed by atoms with E-state index >= 15 is 0 Å². The summed E-state index contributed by atoms with van der Waals surface area (Å²) in [4.78, 5) is 16.0. The summed E-state index contributed by atoms with van der Waals surface area (Å²) in [5, 5.41) is 2.75. The van der Waals surface area contributed by atoms with E-state index in [1.165, 1.54) is 12.1 Å². The van der Waals surface area contributed by atoms with E-state index in [0.717, 1.165) is 0 Å². The zero-order chi connectivity index (χ0) is 16.1. The first-order valence-electron chi connectivity index (χ1n) is 6.96. The first-order chi connectivity index (χ1) is 11.2. The number of amides is 1. The van der Waals surface area contributed by atoms with Gasteiger partial charge >= 0.3 is 0 Å². The highest BCUT2D eigenvalue weighted by Gasteiger charge is 2.06. The monoisotopic (exact) mass is 308 g/mol. The Morgan fingerprint density at radius 2 is 1.57 bits per heavy atom. The molecule has 1 aromatic heterocycles. The SMILES string of the molecule is O=C(Nc1ccc(Oc2ccc(F)cc2)cc1)c1ccccn1. The fraction of sp³-hybridized carbons (Fsp3) is 0. The maximum absolute atomic E-state index is 12.8. The minimum Gasteiger partial charge on any atom is -0.457 e. The molecule has 0 aliphatic carbocycles. The summed E-state index contributed by atoms with van der Waals surface area (Å²) >= 11 is 0. The molecule has 4 nitrogen and oxygen atoms in total. The lowest BCUT2D eigenvalue weighted by molar-refractivity contribution is 0.102. The van der Waals surface area contributed by atoms with E-state index in [9.17, 15) is 9.18 Å². The van der Waals surface area contributed by atoms with Crippen LogP contribution in [0.15, 0.2) is 72.9 Å². The van der Waals surface area contributed by atoms with Crippen LogP contribution in [0.3, 0.4) is 0 Å². The van der Waals surface area contributed by atoms with Crippen molar-refractivity contribution >= 4 is 11.6 Å². The van der Waals surface area contributed by atoms with Gasteiger partial charge in [0.05, 0.1) is 0 Å². The molecule has 23 heavy (non-hydrogen) atoms. The summed E-state index contributed by atoms with van der Waals surface area (Å²) in [5.74, 6) is 0.534. The van der Waals surface area contributed by atoms with Crippen molar-refractivity contribution in [3.05, 3.63) is 84.4 Å². The molecule has 0 saturated heterocycles. The number of anilines is 1. The van der Waals surface area contributed by atoms with Crippen LogP contribution in [0, 0.1) is 5.82 Å². The summed E-state index contributed by atoms with van der Waals surface area (Å²) in [6, 6.07) is 17.8. The second-order valence-electron chi connectivity index (χ2n) is 4.75. The third-order valence-electron chi connectivity index (χ3n) is 3.06. The van der Waals surface area contributed by atoms with Gasteiger partial charge in [0.15, 0.2) is 0 Å². The molecular weight excluding hydrogens is 295 g/mol. The van der Waals surface area contributed by atoms with E-state index in [4.69, 9.17) is 4.74 Å². The minimum atomic E-state index is -0.315. The van der Waals surface area contributed by atoms with E-state index in [2.05, 4.69) is 10.3 Å². The van der Waals surface area contributed by atoms with Crippen molar-refractivity contribution in [1.82, 2.24) is 4.98 Å². The molecule has 0 fully saturated rings. The fourth-order valence-electron chi connectivity index (χ4n) is 1.94. The normalized spacial score (nSPS) is 10.1. The number of hydrogen-bond donors (Lipinski definition) is 1. The third-order valence-corrected chi connectivity index (χ3v) is 3.06. The molecule has 3 aromatic rings. The second-order valence-corrected chi connectivity index (χ2v) is 4.75. The Kier molecular flexibility index (Phi) is 4.29. The molecule has 1 amide bonds. The van der Waals surface area contributed by atoms with Crippen LogP contribution in [-0.2, 0) is 0 Å². The fourth-order valence-corrected chi connectivity index (χ4v) is 1.94. The van der Waals surface area contributed by atoms with Gasteiger partial charge in [-0.2, -0.15) is 0 Å². The number of carbonyl (C=O) groups is 1. The van der Waals surface area contributed by atoms with E-state index in [1.54, 1.807) is 60.8 Å². The van der Waals surface area contributed by atoms with Gasteiger partial charge in [0.2, 0.25) is 0 Å². The smallest absolute Gasteiger partial charge is 0.274 e. The average Bonchev–Trinajstić information content (AvgIpc) is 2.59. The maximum Gasteiger partial charge on any atom is 0.274 e. The van der Waals surface area contributed by atoms with Crippen molar-refractivity contribution in [2.75, 3.05) is 5.32 Å². The number of pyridine rings is 1. The Bertz CT molecular complexity index is 788. The lowest BCUT2D eigenvalue weighted by atomic mass is 10.2. The Balaban J connectivity index is 1.65. The van der Waals surface area contributed by atoms with Crippen molar-refractivity contribution in [2.45, 2.75) is 0 Å². The first kappa shape index (κ1) is 14.7. The molecule has 0 radical (unpaired) electrons. The Hall–Kier alpha value is -3.21. The standard InChI is InChI=1S/C18H13FN2O2/c19-13-4-8-15(9-5-13)23-16-10-6-14(7-11-16)21-18(22)17-3-1-2-12-20-17/h1-12H,(H,21,22). The molecule has 0 spiro atoms. The zero-order valence-corrected chi connectivity index (χ0v) is 12.1. The number of nitrogens with zero attached hydrogens (tertiary/aromatic N) is 1. The Morgan fingerprint density at radius 3 is 2.17 bits per heavy atom. The van der Waals surface area contributed by atoms with Crippen LogP contribution in [0.2, 0.25) is 0 Å². The topological polar surface area (TPSA) is 51.2 Å². The van der Waals surface area contributed by atoms with Gasteiger partial charge in [-0.3, -0.25) is 9.78 Å². The van der Waals surface area contributed by atoms with E-state index in [-0.39, 0.29) is 11.7 Å². The van der Waals surface area contributed by atoms with Crippen molar-refractivity contribution < 1.29 is 13.9 Å². The summed E-state index contributed by atoms with van der Waals surface area (Å²) in [7, 11) is 0. The maximum atomic E-state index is 12.8. The molecule has 1 N–H and O–H groups in total. The van der Waals surface area contributed by atoms with Crippen LogP contribution in [-0.4, -0.2) is 10.9 Å². The van der Waals surface area contributed by atoms with Gasteiger partial charge in [0, 0.05) is 11.9 Å². The van der Waals surface area contributed by atoms with Gasteiger partial charge in [-0.05, 0) is 60.7 Å². The largest absolute Gasteiger partial charge is 0.457 e. The molecule has 0 saturated carbocycles. The van der Waals surface area contributed by atoms with Crippen molar-refractivity contribution in [3.63, 3.8) is 0 Å². The van der Waals surface area contributed by atoms with Gasteiger partial charge < -0.3 is 10.1 Å². The molecule has 0 atom stereocenters. The molecule has 114 valence electrons. The Morgan fingerprint density at radius 1 is 0.913 bits per heavy atom. The molecule has 5 heteroatoms. The second kappa shape index (κ2) is 6.70. The molecule has 1 heterocycles. The molecule has 3 rings (SSSR count). The lowest BCUT2D eigenvalue weighted by Crippen LogP contribution is -2.13.